The van der Waals surface area contributed by atoms with Gasteiger partial charge >= 0.3 is 6.18 Å². The summed E-state index contributed by atoms with van der Waals surface area (Å²) in [5.74, 6) is -1.34. The van der Waals surface area contributed by atoms with Crippen molar-refractivity contribution in [3.63, 3.8) is 0 Å². The smallest absolute Gasteiger partial charge is 0.323 e. The first-order chi connectivity index (χ1) is 12.5. The van der Waals surface area contributed by atoms with E-state index >= 15 is 0 Å². The van der Waals surface area contributed by atoms with Gasteiger partial charge in [-0.05, 0) is 43.2 Å². The van der Waals surface area contributed by atoms with E-state index in [1.807, 2.05) is 13.0 Å². The maximum absolute atomic E-state index is 13.2. The molecule has 0 aliphatic heterocycles. The zero-order valence-electron chi connectivity index (χ0n) is 14.9. The van der Waals surface area contributed by atoms with E-state index in [0.717, 1.165) is 29.5 Å². The topological polar surface area (TPSA) is 49.4 Å². The van der Waals surface area contributed by atoms with Crippen LogP contribution in [0, 0.1) is 13.8 Å². The van der Waals surface area contributed by atoms with Crippen molar-refractivity contribution in [2.75, 3.05) is 16.8 Å². The highest BCUT2D eigenvalue weighted by Crippen LogP contribution is 2.36. The van der Waals surface area contributed by atoms with E-state index in [4.69, 9.17) is 11.6 Å². The molecule has 0 spiro atoms. The molecule has 0 bridgehead atoms. The third-order valence-electron chi connectivity index (χ3n) is 3.88. The number of carbonyl (C=O) groups is 2. The van der Waals surface area contributed by atoms with Crippen LogP contribution in [0.1, 0.15) is 23.6 Å². The maximum Gasteiger partial charge on any atom is 0.418 e. The Morgan fingerprint density at radius 1 is 1.15 bits per heavy atom. The molecular weight excluding hydrogens is 381 g/mol. The van der Waals surface area contributed by atoms with Gasteiger partial charge in [-0.2, -0.15) is 13.2 Å². The van der Waals surface area contributed by atoms with Crippen molar-refractivity contribution >= 4 is 34.8 Å². The number of amides is 2. The molecule has 0 fully saturated rings. The van der Waals surface area contributed by atoms with Gasteiger partial charge in [0.05, 0.1) is 22.0 Å². The molecule has 0 unspecified atom stereocenters. The molecule has 1 N–H and O–H groups in total. The number of para-hydroxylation sites is 1. The number of alkyl halides is 3. The van der Waals surface area contributed by atoms with Crippen LogP contribution in [-0.2, 0) is 15.8 Å². The number of carbonyl (C=O) groups excluding carboxylic acids is 2. The summed E-state index contributed by atoms with van der Waals surface area (Å²) in [5.41, 5.74) is 0.607. The highest BCUT2D eigenvalue weighted by Gasteiger charge is 2.35. The normalized spacial score (nSPS) is 11.2. The molecule has 4 nitrogen and oxygen atoms in total. The maximum atomic E-state index is 13.2. The lowest BCUT2D eigenvalue weighted by atomic mass is 10.1. The summed E-state index contributed by atoms with van der Waals surface area (Å²) < 4.78 is 39.7. The molecule has 0 radical (unpaired) electrons. The molecule has 0 aliphatic rings. The van der Waals surface area contributed by atoms with Crippen LogP contribution in [0.4, 0.5) is 24.5 Å². The number of anilines is 2. The van der Waals surface area contributed by atoms with Crippen molar-refractivity contribution < 1.29 is 22.8 Å². The molecule has 2 aromatic rings. The van der Waals surface area contributed by atoms with E-state index in [2.05, 4.69) is 5.32 Å². The molecule has 0 atom stereocenters. The number of nitrogens with zero attached hydrogens (tertiary/aromatic N) is 1. The summed E-state index contributed by atoms with van der Waals surface area (Å²) in [6, 6.07) is 8.08. The van der Waals surface area contributed by atoms with Gasteiger partial charge in [0, 0.05) is 6.92 Å². The average molecular weight is 399 g/mol. The van der Waals surface area contributed by atoms with Gasteiger partial charge in [-0.25, -0.2) is 0 Å². The fourth-order valence-electron chi connectivity index (χ4n) is 2.71. The largest absolute Gasteiger partial charge is 0.418 e. The van der Waals surface area contributed by atoms with E-state index in [0.29, 0.717) is 16.3 Å². The van der Waals surface area contributed by atoms with E-state index in [1.165, 1.54) is 12.1 Å². The molecule has 2 amide bonds. The van der Waals surface area contributed by atoms with Crippen LogP contribution in [0.25, 0.3) is 0 Å². The van der Waals surface area contributed by atoms with E-state index < -0.39 is 30.1 Å². The molecule has 0 saturated heterocycles. The Balaban J connectivity index is 2.31. The van der Waals surface area contributed by atoms with Crippen molar-refractivity contribution in [3.8, 4) is 0 Å². The van der Waals surface area contributed by atoms with Gasteiger partial charge in [0.25, 0.3) is 0 Å². The summed E-state index contributed by atoms with van der Waals surface area (Å²) in [6.07, 6.45) is -4.66. The lowest BCUT2D eigenvalue weighted by Gasteiger charge is -2.24. The number of aryl methyl sites for hydroxylation is 2. The number of rotatable bonds is 4. The number of benzene rings is 2. The second-order valence-electron chi connectivity index (χ2n) is 6.11. The Kier molecular flexibility index (Phi) is 6.15. The van der Waals surface area contributed by atoms with Gasteiger partial charge in [0.15, 0.2) is 0 Å². The predicted octanol–water partition coefficient (Wildman–Crippen LogP) is 4.97. The molecule has 2 aromatic carbocycles. The first kappa shape index (κ1) is 20.8. The fourth-order valence-corrected chi connectivity index (χ4v) is 3.08. The Bertz CT molecular complexity index is 858. The van der Waals surface area contributed by atoms with E-state index in [1.54, 1.807) is 13.0 Å². The zero-order chi connectivity index (χ0) is 20.4. The molecule has 0 aliphatic carbocycles. The predicted molar refractivity (Wildman–Crippen MR) is 99.0 cm³/mol. The van der Waals surface area contributed by atoms with Crippen LogP contribution in [0.2, 0.25) is 5.02 Å². The van der Waals surface area contributed by atoms with Gasteiger partial charge < -0.3 is 10.2 Å². The van der Waals surface area contributed by atoms with Gasteiger partial charge in [-0.15, -0.1) is 0 Å². The number of halogens is 4. The van der Waals surface area contributed by atoms with Crippen LogP contribution in [0.3, 0.4) is 0 Å². The van der Waals surface area contributed by atoms with Crippen LogP contribution in [0.5, 0.6) is 0 Å². The fraction of sp³-hybridized carbons (Fsp3) is 0.263. The molecule has 27 heavy (non-hydrogen) atoms. The standard InChI is InChI=1S/C19H18ClF3N2O2/c1-11-8-12(2)18(15(20)9-11)24-17(27)10-25(13(3)26)16-7-5-4-6-14(16)19(21,22)23/h4-9H,10H2,1-3H3,(H,24,27). The summed E-state index contributed by atoms with van der Waals surface area (Å²) in [7, 11) is 0. The van der Waals surface area contributed by atoms with Gasteiger partial charge in [-0.3, -0.25) is 9.59 Å². The summed E-state index contributed by atoms with van der Waals surface area (Å²) in [5, 5.41) is 2.88. The van der Waals surface area contributed by atoms with Crippen LogP contribution in [-0.4, -0.2) is 18.4 Å². The molecule has 8 heteroatoms. The first-order valence-electron chi connectivity index (χ1n) is 8.01. The van der Waals surface area contributed by atoms with E-state index in [-0.39, 0.29) is 5.69 Å². The highest BCUT2D eigenvalue weighted by atomic mass is 35.5. The first-order valence-corrected chi connectivity index (χ1v) is 8.39. The molecule has 0 heterocycles. The van der Waals surface area contributed by atoms with E-state index in [9.17, 15) is 22.8 Å². The number of nitrogens with one attached hydrogen (secondary N) is 1. The quantitative estimate of drug-likeness (QED) is 0.790. The Labute approximate surface area is 159 Å². The average Bonchev–Trinajstić information content (AvgIpc) is 2.55. The molecule has 2 rings (SSSR count). The lowest BCUT2D eigenvalue weighted by molar-refractivity contribution is -0.137. The third kappa shape index (κ3) is 5.01. The Morgan fingerprint density at radius 3 is 2.33 bits per heavy atom. The summed E-state index contributed by atoms with van der Waals surface area (Å²) in [6.45, 7) is 4.11. The SMILES string of the molecule is CC(=O)N(CC(=O)Nc1c(C)cc(C)cc1Cl)c1ccccc1C(F)(F)F. The van der Waals surface area contributed by atoms with Crippen LogP contribution >= 0.6 is 11.6 Å². The van der Waals surface area contributed by atoms with Crippen molar-refractivity contribution in [2.24, 2.45) is 0 Å². The van der Waals surface area contributed by atoms with Gasteiger partial charge in [-0.1, -0.05) is 29.8 Å². The minimum Gasteiger partial charge on any atom is -0.323 e. The van der Waals surface area contributed by atoms with Gasteiger partial charge in [0.2, 0.25) is 11.8 Å². The van der Waals surface area contributed by atoms with Crippen molar-refractivity contribution in [3.05, 3.63) is 58.1 Å². The van der Waals surface area contributed by atoms with Crippen LogP contribution in [0.15, 0.2) is 36.4 Å². The summed E-state index contributed by atoms with van der Waals surface area (Å²) >= 11 is 6.14. The lowest BCUT2D eigenvalue weighted by Crippen LogP contribution is -2.38. The second-order valence-corrected chi connectivity index (χ2v) is 6.51. The van der Waals surface area contributed by atoms with Crippen molar-refractivity contribution in [2.45, 2.75) is 26.9 Å². The Hall–Kier alpha value is -2.54. The van der Waals surface area contributed by atoms with Crippen molar-refractivity contribution in [1.82, 2.24) is 0 Å². The molecule has 0 aromatic heterocycles. The Morgan fingerprint density at radius 2 is 1.78 bits per heavy atom. The van der Waals surface area contributed by atoms with Crippen LogP contribution < -0.4 is 10.2 Å². The zero-order valence-corrected chi connectivity index (χ0v) is 15.7. The molecule has 0 saturated carbocycles. The minimum absolute atomic E-state index is 0.311. The monoisotopic (exact) mass is 398 g/mol. The number of hydrogen-bond donors (Lipinski definition) is 1. The van der Waals surface area contributed by atoms with Gasteiger partial charge in [0.1, 0.15) is 6.54 Å². The minimum atomic E-state index is -4.66. The molecular formula is C19H18ClF3N2O2. The highest BCUT2D eigenvalue weighted by molar-refractivity contribution is 6.34. The summed E-state index contributed by atoms with van der Waals surface area (Å²) in [4.78, 5) is 25.1. The third-order valence-corrected chi connectivity index (χ3v) is 4.18. The van der Waals surface area contributed by atoms with Crippen molar-refractivity contribution in [1.29, 1.82) is 0 Å². The molecule has 144 valence electrons. The number of hydrogen-bond acceptors (Lipinski definition) is 2. The second kappa shape index (κ2) is 8.00.